The van der Waals surface area contributed by atoms with Crippen LogP contribution in [0, 0.1) is 17.8 Å². The van der Waals surface area contributed by atoms with Crippen LogP contribution in [0.25, 0.3) is 0 Å². The van der Waals surface area contributed by atoms with E-state index in [0.29, 0.717) is 31.5 Å². The first-order chi connectivity index (χ1) is 10.9. The van der Waals surface area contributed by atoms with Crippen molar-refractivity contribution in [3.05, 3.63) is 0 Å². The standard InChI is InChI=1S/C17H28N4O2/c1-5-21-12(4)19-17(15(21)22)7-6-13-9-20(10-14(13)17)16(23)18-8-11(2)3/h11,13-14H,5-10H2,1-4H3,(H,18,23)/t13-,14+,17-/m1/s1. The Balaban J connectivity index is 1.73. The van der Waals surface area contributed by atoms with Crippen molar-refractivity contribution >= 4 is 17.8 Å². The average Bonchev–Trinajstić information content (AvgIpc) is 3.12. The molecule has 23 heavy (non-hydrogen) atoms. The Kier molecular flexibility index (Phi) is 4.10. The van der Waals surface area contributed by atoms with Crippen LogP contribution >= 0.6 is 0 Å². The molecule has 128 valence electrons. The molecule has 0 radical (unpaired) electrons. The maximum atomic E-state index is 12.9. The Morgan fingerprint density at radius 2 is 2.17 bits per heavy atom. The lowest BCUT2D eigenvalue weighted by atomic mass is 9.85. The van der Waals surface area contributed by atoms with Gasteiger partial charge in [-0.2, -0.15) is 0 Å². The molecular formula is C17H28N4O2. The highest BCUT2D eigenvalue weighted by atomic mass is 16.2. The summed E-state index contributed by atoms with van der Waals surface area (Å²) < 4.78 is 0. The Morgan fingerprint density at radius 1 is 1.43 bits per heavy atom. The van der Waals surface area contributed by atoms with Crippen LogP contribution in [0.4, 0.5) is 4.79 Å². The number of fused-ring (bicyclic) bond motifs is 2. The van der Waals surface area contributed by atoms with Gasteiger partial charge < -0.3 is 10.2 Å². The number of hydrogen-bond donors (Lipinski definition) is 1. The van der Waals surface area contributed by atoms with Gasteiger partial charge in [0, 0.05) is 32.1 Å². The first-order valence-corrected chi connectivity index (χ1v) is 8.80. The van der Waals surface area contributed by atoms with Crippen molar-refractivity contribution < 1.29 is 9.59 Å². The van der Waals surface area contributed by atoms with E-state index in [9.17, 15) is 9.59 Å². The summed E-state index contributed by atoms with van der Waals surface area (Å²) in [6.07, 6.45) is 1.81. The van der Waals surface area contributed by atoms with Gasteiger partial charge in [0.25, 0.3) is 5.91 Å². The molecule has 1 spiro atoms. The molecule has 1 aliphatic carbocycles. The third kappa shape index (κ3) is 2.52. The summed E-state index contributed by atoms with van der Waals surface area (Å²) in [7, 11) is 0. The minimum absolute atomic E-state index is 0.00162. The Hall–Kier alpha value is -1.59. The summed E-state index contributed by atoms with van der Waals surface area (Å²) in [6.45, 7) is 10.8. The van der Waals surface area contributed by atoms with Gasteiger partial charge in [0.1, 0.15) is 11.4 Å². The highest BCUT2D eigenvalue weighted by molar-refractivity contribution is 6.07. The van der Waals surface area contributed by atoms with Gasteiger partial charge in [-0.05, 0) is 38.5 Å². The van der Waals surface area contributed by atoms with Crippen LogP contribution in [-0.2, 0) is 4.79 Å². The number of carbonyl (C=O) groups excluding carboxylic acids is 2. The lowest BCUT2D eigenvalue weighted by molar-refractivity contribution is -0.132. The lowest BCUT2D eigenvalue weighted by Crippen LogP contribution is -2.47. The van der Waals surface area contributed by atoms with Crippen molar-refractivity contribution in [2.75, 3.05) is 26.2 Å². The van der Waals surface area contributed by atoms with Gasteiger partial charge in [0.15, 0.2) is 0 Å². The molecule has 3 aliphatic rings. The minimum atomic E-state index is -0.599. The van der Waals surface area contributed by atoms with E-state index in [-0.39, 0.29) is 17.9 Å². The van der Waals surface area contributed by atoms with E-state index in [4.69, 9.17) is 4.99 Å². The predicted octanol–water partition coefficient (Wildman–Crippen LogP) is 1.71. The number of nitrogens with one attached hydrogen (secondary N) is 1. The van der Waals surface area contributed by atoms with Gasteiger partial charge in [-0.1, -0.05) is 13.8 Å². The molecule has 6 nitrogen and oxygen atoms in total. The topological polar surface area (TPSA) is 65.0 Å². The smallest absolute Gasteiger partial charge is 0.317 e. The van der Waals surface area contributed by atoms with Crippen LogP contribution in [0.3, 0.4) is 0 Å². The van der Waals surface area contributed by atoms with Crippen LogP contribution in [0.5, 0.6) is 0 Å². The maximum Gasteiger partial charge on any atom is 0.317 e. The van der Waals surface area contributed by atoms with Crippen LogP contribution in [-0.4, -0.2) is 59.3 Å². The minimum Gasteiger partial charge on any atom is -0.338 e. The third-order valence-corrected chi connectivity index (χ3v) is 5.58. The summed E-state index contributed by atoms with van der Waals surface area (Å²) >= 11 is 0. The SMILES string of the molecule is CCN1C(=O)[C@]2(CC[C@@H]3CN(C(=O)NCC(C)C)C[C@@H]32)N=C1C. The molecule has 6 heteroatoms. The summed E-state index contributed by atoms with van der Waals surface area (Å²) in [4.78, 5) is 33.7. The van der Waals surface area contributed by atoms with Crippen LogP contribution in [0.1, 0.15) is 40.5 Å². The first kappa shape index (κ1) is 16.3. The van der Waals surface area contributed by atoms with Crippen molar-refractivity contribution in [1.82, 2.24) is 15.1 Å². The molecule has 3 atom stereocenters. The van der Waals surface area contributed by atoms with Crippen molar-refractivity contribution in [2.24, 2.45) is 22.7 Å². The van der Waals surface area contributed by atoms with Crippen LogP contribution in [0.2, 0.25) is 0 Å². The van der Waals surface area contributed by atoms with E-state index >= 15 is 0 Å². The Morgan fingerprint density at radius 3 is 2.78 bits per heavy atom. The van der Waals surface area contributed by atoms with E-state index in [1.807, 2.05) is 18.7 Å². The summed E-state index contributed by atoms with van der Waals surface area (Å²) in [5.41, 5.74) is -0.599. The Bertz CT molecular complexity index is 545. The molecule has 3 amide bonds. The lowest BCUT2D eigenvalue weighted by Gasteiger charge is -2.28. The van der Waals surface area contributed by atoms with Crippen molar-refractivity contribution in [3.8, 4) is 0 Å². The molecule has 0 aromatic carbocycles. The molecule has 0 aromatic heterocycles. The zero-order chi connectivity index (χ0) is 16.8. The number of aliphatic imine (C=N–C) groups is 1. The molecule has 1 saturated carbocycles. The zero-order valence-electron chi connectivity index (χ0n) is 14.6. The van der Waals surface area contributed by atoms with Crippen molar-refractivity contribution in [2.45, 2.75) is 46.1 Å². The second kappa shape index (κ2) is 5.80. The number of hydrogen-bond acceptors (Lipinski definition) is 3. The molecule has 2 aliphatic heterocycles. The molecule has 1 saturated heterocycles. The van der Waals surface area contributed by atoms with Gasteiger partial charge >= 0.3 is 6.03 Å². The molecule has 0 bridgehead atoms. The second-order valence-electron chi connectivity index (χ2n) is 7.52. The van der Waals surface area contributed by atoms with Gasteiger partial charge in [-0.15, -0.1) is 0 Å². The highest BCUT2D eigenvalue weighted by Gasteiger charge is 2.60. The molecular weight excluding hydrogens is 292 g/mol. The fraction of sp³-hybridized carbons (Fsp3) is 0.824. The number of nitrogens with zero attached hydrogens (tertiary/aromatic N) is 3. The molecule has 0 aromatic rings. The number of likely N-dealkylation sites (tertiary alicyclic amines) is 1. The van der Waals surface area contributed by atoms with Crippen LogP contribution in [0.15, 0.2) is 4.99 Å². The van der Waals surface area contributed by atoms with Crippen molar-refractivity contribution in [1.29, 1.82) is 0 Å². The van der Waals surface area contributed by atoms with E-state index in [2.05, 4.69) is 19.2 Å². The fourth-order valence-corrected chi connectivity index (χ4v) is 4.42. The highest BCUT2D eigenvalue weighted by Crippen LogP contribution is 2.50. The largest absolute Gasteiger partial charge is 0.338 e. The maximum absolute atomic E-state index is 12.9. The van der Waals surface area contributed by atoms with Crippen molar-refractivity contribution in [3.63, 3.8) is 0 Å². The van der Waals surface area contributed by atoms with Gasteiger partial charge in [0.2, 0.25) is 0 Å². The third-order valence-electron chi connectivity index (χ3n) is 5.58. The number of likely N-dealkylation sites (N-methyl/N-ethyl adjacent to an activating group) is 1. The molecule has 2 heterocycles. The fourth-order valence-electron chi connectivity index (χ4n) is 4.42. The number of carbonyl (C=O) groups is 2. The Labute approximate surface area is 138 Å². The number of amides is 3. The number of rotatable bonds is 3. The van der Waals surface area contributed by atoms with E-state index < -0.39 is 5.54 Å². The van der Waals surface area contributed by atoms with Gasteiger partial charge in [-0.3, -0.25) is 14.7 Å². The monoisotopic (exact) mass is 320 g/mol. The summed E-state index contributed by atoms with van der Waals surface area (Å²) in [5.74, 6) is 1.99. The molecule has 1 N–H and O–H groups in total. The molecule has 3 rings (SSSR count). The van der Waals surface area contributed by atoms with Crippen LogP contribution < -0.4 is 5.32 Å². The van der Waals surface area contributed by atoms with E-state index in [1.165, 1.54) is 0 Å². The van der Waals surface area contributed by atoms with E-state index in [0.717, 1.165) is 25.2 Å². The summed E-state index contributed by atoms with van der Waals surface area (Å²) in [5, 5.41) is 2.99. The molecule has 2 fully saturated rings. The summed E-state index contributed by atoms with van der Waals surface area (Å²) in [6, 6.07) is 0.00162. The zero-order valence-corrected chi connectivity index (χ0v) is 14.6. The average molecular weight is 320 g/mol. The number of urea groups is 1. The normalized spacial score (nSPS) is 32.9. The quantitative estimate of drug-likeness (QED) is 0.860. The van der Waals surface area contributed by atoms with E-state index in [1.54, 1.807) is 4.90 Å². The molecule has 0 unspecified atom stereocenters. The second-order valence-corrected chi connectivity index (χ2v) is 7.52. The number of amidine groups is 1. The predicted molar refractivity (Wildman–Crippen MR) is 89.3 cm³/mol. The first-order valence-electron chi connectivity index (χ1n) is 8.80. The van der Waals surface area contributed by atoms with Gasteiger partial charge in [-0.25, -0.2) is 4.79 Å². The van der Waals surface area contributed by atoms with Gasteiger partial charge in [0.05, 0.1) is 0 Å².